The summed E-state index contributed by atoms with van der Waals surface area (Å²) < 4.78 is 23.3. The van der Waals surface area contributed by atoms with E-state index in [0.29, 0.717) is 11.7 Å². The van der Waals surface area contributed by atoms with Crippen molar-refractivity contribution in [2.45, 2.75) is 50.4 Å². The second-order valence-electron chi connectivity index (χ2n) is 9.23. The molecule has 4 rings (SSSR count). The van der Waals surface area contributed by atoms with Gasteiger partial charge in [0.05, 0.1) is 25.4 Å². The minimum Gasteiger partial charge on any atom is -0.445 e. The Morgan fingerprint density at radius 1 is 1.17 bits per heavy atom. The number of amides is 1. The van der Waals surface area contributed by atoms with E-state index in [0.717, 1.165) is 55.6 Å². The molecule has 4 unspecified atom stereocenters. The summed E-state index contributed by atoms with van der Waals surface area (Å²) in [6.45, 7) is 6.28. The normalized spacial score (nSPS) is 24.4. The fourth-order valence-corrected chi connectivity index (χ4v) is 4.82. The molecule has 8 nitrogen and oxygen atoms in total. The van der Waals surface area contributed by atoms with Crippen LogP contribution in [0.2, 0.25) is 0 Å². The first-order valence-corrected chi connectivity index (χ1v) is 12.5. The molecule has 36 heavy (non-hydrogen) atoms. The smallest absolute Gasteiger partial charge is 0.411 e. The number of nitrogens with one attached hydrogen (secondary N) is 1. The Morgan fingerprint density at radius 2 is 1.92 bits per heavy atom. The van der Waals surface area contributed by atoms with E-state index in [2.05, 4.69) is 16.8 Å². The van der Waals surface area contributed by atoms with E-state index < -0.39 is 12.4 Å². The molecular formula is C28H36N2O6. The molecule has 0 radical (unpaired) electrons. The SMILES string of the molecule is C=CCOC(=O)Nc1ccc(C2OC(CN3CCCC3COC)CC(c3ccc(CO)cc3)O2)cc1. The molecule has 2 fully saturated rings. The van der Waals surface area contributed by atoms with Gasteiger partial charge in [-0.05, 0) is 42.6 Å². The fraction of sp³-hybridized carbons (Fsp3) is 0.464. The average Bonchev–Trinajstić information content (AvgIpc) is 3.34. The molecule has 2 saturated heterocycles. The van der Waals surface area contributed by atoms with Gasteiger partial charge in [0, 0.05) is 37.4 Å². The molecule has 0 aliphatic carbocycles. The van der Waals surface area contributed by atoms with Crippen molar-refractivity contribution < 1.29 is 28.8 Å². The number of rotatable bonds is 10. The number of carbonyl (C=O) groups is 1. The molecule has 0 aromatic heterocycles. The Morgan fingerprint density at radius 3 is 2.61 bits per heavy atom. The maximum Gasteiger partial charge on any atom is 0.411 e. The molecule has 194 valence electrons. The van der Waals surface area contributed by atoms with Crippen LogP contribution in [-0.4, -0.2) is 61.7 Å². The fourth-order valence-electron chi connectivity index (χ4n) is 4.82. The molecule has 2 aromatic carbocycles. The van der Waals surface area contributed by atoms with Gasteiger partial charge in [-0.25, -0.2) is 4.79 Å². The molecule has 1 amide bonds. The topological polar surface area (TPSA) is 89.5 Å². The molecule has 2 aliphatic rings. The van der Waals surface area contributed by atoms with Gasteiger partial charge in [-0.3, -0.25) is 10.2 Å². The van der Waals surface area contributed by atoms with E-state index in [-0.39, 0.29) is 25.4 Å². The van der Waals surface area contributed by atoms with Crippen molar-refractivity contribution in [1.82, 2.24) is 4.90 Å². The van der Waals surface area contributed by atoms with Crippen LogP contribution >= 0.6 is 0 Å². The van der Waals surface area contributed by atoms with Crippen molar-refractivity contribution >= 4 is 11.8 Å². The number of carbonyl (C=O) groups excluding carboxylic acids is 1. The van der Waals surface area contributed by atoms with E-state index in [1.165, 1.54) is 6.08 Å². The predicted molar refractivity (Wildman–Crippen MR) is 137 cm³/mol. The largest absolute Gasteiger partial charge is 0.445 e. The summed E-state index contributed by atoms with van der Waals surface area (Å²) >= 11 is 0. The third-order valence-corrected chi connectivity index (χ3v) is 6.67. The number of hydrogen-bond donors (Lipinski definition) is 2. The Bertz CT molecular complexity index is 981. The molecule has 8 heteroatoms. The van der Waals surface area contributed by atoms with Crippen molar-refractivity contribution in [1.29, 1.82) is 0 Å². The lowest BCUT2D eigenvalue weighted by molar-refractivity contribution is -0.253. The number of ether oxygens (including phenoxy) is 4. The highest BCUT2D eigenvalue weighted by Gasteiger charge is 2.35. The number of nitrogens with zero attached hydrogens (tertiary/aromatic N) is 1. The third kappa shape index (κ3) is 6.93. The number of aliphatic hydroxyl groups is 1. The molecule has 2 aromatic rings. The van der Waals surface area contributed by atoms with Crippen molar-refractivity contribution in [3.05, 3.63) is 77.9 Å². The number of anilines is 1. The molecular weight excluding hydrogens is 460 g/mol. The molecule has 2 aliphatic heterocycles. The van der Waals surface area contributed by atoms with Gasteiger partial charge >= 0.3 is 6.09 Å². The zero-order valence-electron chi connectivity index (χ0n) is 20.8. The van der Waals surface area contributed by atoms with Crippen LogP contribution in [0.1, 0.15) is 48.3 Å². The summed E-state index contributed by atoms with van der Waals surface area (Å²) in [7, 11) is 1.75. The number of hydrogen-bond acceptors (Lipinski definition) is 7. The highest BCUT2D eigenvalue weighted by Crippen LogP contribution is 2.39. The van der Waals surface area contributed by atoms with Crippen molar-refractivity contribution in [3.8, 4) is 0 Å². The van der Waals surface area contributed by atoms with Gasteiger partial charge in [0.2, 0.25) is 0 Å². The van der Waals surface area contributed by atoms with E-state index >= 15 is 0 Å². The van der Waals surface area contributed by atoms with Gasteiger partial charge in [0.15, 0.2) is 6.29 Å². The minimum atomic E-state index is -0.545. The highest BCUT2D eigenvalue weighted by molar-refractivity contribution is 5.84. The first kappa shape index (κ1) is 26.3. The zero-order chi connectivity index (χ0) is 25.3. The second-order valence-corrected chi connectivity index (χ2v) is 9.23. The van der Waals surface area contributed by atoms with Crippen LogP contribution in [0.25, 0.3) is 0 Å². The van der Waals surface area contributed by atoms with Crippen LogP contribution < -0.4 is 5.32 Å². The molecule has 0 spiro atoms. The van der Waals surface area contributed by atoms with Crippen LogP contribution in [0.15, 0.2) is 61.2 Å². The Balaban J connectivity index is 1.49. The number of methoxy groups -OCH3 is 1. The molecule has 2 N–H and O–H groups in total. The second kappa shape index (κ2) is 13.0. The first-order chi connectivity index (χ1) is 17.6. The van der Waals surface area contributed by atoms with E-state index in [4.69, 9.17) is 18.9 Å². The predicted octanol–water partition coefficient (Wildman–Crippen LogP) is 4.57. The summed E-state index contributed by atoms with van der Waals surface area (Å²) in [4.78, 5) is 14.3. The van der Waals surface area contributed by atoms with Crippen LogP contribution in [0, 0.1) is 0 Å². The lowest BCUT2D eigenvalue weighted by atomic mass is 9.99. The van der Waals surface area contributed by atoms with Gasteiger partial charge in [-0.1, -0.05) is 49.1 Å². The summed E-state index contributed by atoms with van der Waals surface area (Å²) in [6.07, 6.45) is 3.32. The van der Waals surface area contributed by atoms with Gasteiger partial charge in [-0.2, -0.15) is 0 Å². The maximum absolute atomic E-state index is 11.8. The van der Waals surface area contributed by atoms with Crippen molar-refractivity contribution in [2.24, 2.45) is 0 Å². The van der Waals surface area contributed by atoms with Crippen molar-refractivity contribution in [3.63, 3.8) is 0 Å². The van der Waals surface area contributed by atoms with E-state index in [1.807, 2.05) is 36.4 Å². The van der Waals surface area contributed by atoms with Crippen LogP contribution in [0.3, 0.4) is 0 Å². The molecule has 2 heterocycles. The van der Waals surface area contributed by atoms with Gasteiger partial charge in [0.1, 0.15) is 6.61 Å². The number of likely N-dealkylation sites (tertiary alicyclic amines) is 1. The zero-order valence-corrected chi connectivity index (χ0v) is 20.8. The summed E-state index contributed by atoms with van der Waals surface area (Å²) in [5, 5.41) is 12.1. The Hall–Kier alpha value is -2.75. The minimum absolute atomic E-state index is 0.0114. The molecule has 4 atom stereocenters. The van der Waals surface area contributed by atoms with Crippen LogP contribution in [0.5, 0.6) is 0 Å². The highest BCUT2D eigenvalue weighted by atomic mass is 16.7. The van der Waals surface area contributed by atoms with Crippen molar-refractivity contribution in [2.75, 3.05) is 38.7 Å². The maximum atomic E-state index is 11.8. The third-order valence-electron chi connectivity index (χ3n) is 6.67. The quantitative estimate of drug-likeness (QED) is 0.466. The monoisotopic (exact) mass is 496 g/mol. The number of benzene rings is 2. The lowest BCUT2D eigenvalue weighted by Crippen LogP contribution is -2.42. The first-order valence-electron chi connectivity index (χ1n) is 12.5. The lowest BCUT2D eigenvalue weighted by Gasteiger charge is -2.38. The summed E-state index contributed by atoms with van der Waals surface area (Å²) in [6, 6.07) is 15.7. The summed E-state index contributed by atoms with van der Waals surface area (Å²) in [5.74, 6) is 0. The Kier molecular flexibility index (Phi) is 9.49. The Labute approximate surface area is 212 Å². The van der Waals surface area contributed by atoms with Crippen LogP contribution in [-0.2, 0) is 25.6 Å². The van der Waals surface area contributed by atoms with Crippen LogP contribution in [0.4, 0.5) is 10.5 Å². The van der Waals surface area contributed by atoms with Gasteiger partial charge < -0.3 is 24.1 Å². The van der Waals surface area contributed by atoms with E-state index in [1.54, 1.807) is 19.2 Å². The van der Waals surface area contributed by atoms with E-state index in [9.17, 15) is 9.90 Å². The number of aliphatic hydroxyl groups excluding tert-OH is 1. The molecule has 0 saturated carbocycles. The van der Waals surface area contributed by atoms with Gasteiger partial charge in [-0.15, -0.1) is 0 Å². The average molecular weight is 497 g/mol. The van der Waals surface area contributed by atoms with Gasteiger partial charge in [0.25, 0.3) is 0 Å². The standard InChI is InChI=1S/C28H36N2O6/c1-3-15-34-28(32)29-23-12-10-22(11-13-23)27-35-25(17-30-14-4-5-24(30)19-33-2)16-26(36-27)21-8-6-20(18-31)7-9-21/h3,6-13,24-27,31H,1,4-5,14-19H2,2H3,(H,29,32). The molecule has 0 bridgehead atoms. The summed E-state index contributed by atoms with van der Waals surface area (Å²) in [5.41, 5.74) is 3.42.